The minimum atomic E-state index is 0.104. The average Bonchev–Trinajstić information content (AvgIpc) is 2.58. The molecule has 1 aromatic heterocycles. The standard InChI is InChI=1S/C19H18N2/c1-3-9-16(10-4-1)15-21-19(17-11-5-2-6-12-17)18-13-7-8-14-20-18/h1-14,19,21H,15H2/t19-/m0/s1. The minimum Gasteiger partial charge on any atom is -0.301 e. The second-order valence-corrected chi connectivity index (χ2v) is 4.96. The molecule has 0 saturated heterocycles. The molecule has 0 aliphatic heterocycles. The largest absolute Gasteiger partial charge is 0.301 e. The molecule has 0 aliphatic rings. The summed E-state index contributed by atoms with van der Waals surface area (Å²) in [5.74, 6) is 0. The summed E-state index contributed by atoms with van der Waals surface area (Å²) in [5, 5.41) is 3.61. The van der Waals surface area contributed by atoms with Crippen molar-refractivity contribution in [2.24, 2.45) is 0 Å². The number of hydrogen-bond donors (Lipinski definition) is 1. The Kier molecular flexibility index (Phi) is 4.39. The van der Waals surface area contributed by atoms with Gasteiger partial charge in [0.15, 0.2) is 0 Å². The Morgan fingerprint density at radius 2 is 1.43 bits per heavy atom. The number of nitrogens with zero attached hydrogens (tertiary/aromatic N) is 1. The first-order chi connectivity index (χ1) is 10.4. The predicted molar refractivity (Wildman–Crippen MR) is 85.8 cm³/mol. The average molecular weight is 274 g/mol. The van der Waals surface area contributed by atoms with E-state index in [4.69, 9.17) is 0 Å². The van der Waals surface area contributed by atoms with Crippen molar-refractivity contribution in [2.45, 2.75) is 12.6 Å². The molecule has 1 atom stereocenters. The van der Waals surface area contributed by atoms with E-state index in [1.807, 2.05) is 30.5 Å². The number of aromatic nitrogens is 1. The van der Waals surface area contributed by atoms with Gasteiger partial charge in [0.1, 0.15) is 0 Å². The molecule has 0 unspecified atom stereocenters. The molecule has 0 bridgehead atoms. The van der Waals surface area contributed by atoms with Crippen LogP contribution >= 0.6 is 0 Å². The molecule has 1 N–H and O–H groups in total. The lowest BCUT2D eigenvalue weighted by Gasteiger charge is -2.19. The topological polar surface area (TPSA) is 24.9 Å². The van der Waals surface area contributed by atoms with Crippen LogP contribution in [0.4, 0.5) is 0 Å². The second kappa shape index (κ2) is 6.82. The van der Waals surface area contributed by atoms with Crippen molar-refractivity contribution in [1.82, 2.24) is 10.3 Å². The van der Waals surface area contributed by atoms with Gasteiger partial charge < -0.3 is 5.32 Å². The lowest BCUT2D eigenvalue weighted by Crippen LogP contribution is -2.22. The maximum Gasteiger partial charge on any atom is 0.0754 e. The van der Waals surface area contributed by atoms with Gasteiger partial charge in [-0.25, -0.2) is 0 Å². The van der Waals surface area contributed by atoms with Crippen molar-refractivity contribution in [3.05, 3.63) is 102 Å². The normalized spacial score (nSPS) is 12.0. The summed E-state index contributed by atoms with van der Waals surface area (Å²) in [5.41, 5.74) is 3.54. The number of hydrogen-bond acceptors (Lipinski definition) is 2. The first-order valence-corrected chi connectivity index (χ1v) is 7.16. The van der Waals surface area contributed by atoms with Crippen LogP contribution in [0.15, 0.2) is 85.1 Å². The van der Waals surface area contributed by atoms with E-state index < -0.39 is 0 Å². The summed E-state index contributed by atoms with van der Waals surface area (Å²) in [7, 11) is 0. The van der Waals surface area contributed by atoms with Crippen LogP contribution in [0, 0.1) is 0 Å². The van der Waals surface area contributed by atoms with Gasteiger partial charge in [-0.15, -0.1) is 0 Å². The Morgan fingerprint density at radius 3 is 2.10 bits per heavy atom. The Morgan fingerprint density at radius 1 is 0.762 bits per heavy atom. The lowest BCUT2D eigenvalue weighted by molar-refractivity contribution is 0.592. The molecule has 1 heterocycles. The van der Waals surface area contributed by atoms with E-state index in [2.05, 4.69) is 64.9 Å². The van der Waals surface area contributed by atoms with Crippen molar-refractivity contribution in [3.63, 3.8) is 0 Å². The van der Waals surface area contributed by atoms with Crippen molar-refractivity contribution < 1.29 is 0 Å². The summed E-state index contributed by atoms with van der Waals surface area (Å²) in [6, 6.07) is 27.0. The van der Waals surface area contributed by atoms with E-state index in [1.54, 1.807) is 0 Å². The Bertz CT molecular complexity index is 611. The quantitative estimate of drug-likeness (QED) is 0.761. The van der Waals surface area contributed by atoms with Gasteiger partial charge in [-0.05, 0) is 23.3 Å². The van der Waals surface area contributed by atoms with E-state index in [-0.39, 0.29) is 6.04 Å². The SMILES string of the molecule is c1ccc(CN[C@@H](c2ccccc2)c2ccccn2)cc1. The molecular formula is C19H18N2. The molecule has 2 heteroatoms. The Hall–Kier alpha value is -2.45. The number of nitrogens with one attached hydrogen (secondary N) is 1. The molecule has 0 amide bonds. The molecule has 0 aliphatic carbocycles. The van der Waals surface area contributed by atoms with Gasteiger partial charge in [-0.2, -0.15) is 0 Å². The zero-order valence-electron chi connectivity index (χ0n) is 11.8. The van der Waals surface area contributed by atoms with Crippen molar-refractivity contribution in [2.75, 3.05) is 0 Å². The maximum absolute atomic E-state index is 4.51. The smallest absolute Gasteiger partial charge is 0.0754 e. The zero-order chi connectivity index (χ0) is 14.3. The van der Waals surface area contributed by atoms with Crippen LogP contribution in [0.5, 0.6) is 0 Å². The van der Waals surface area contributed by atoms with Crippen molar-refractivity contribution in [1.29, 1.82) is 0 Å². The molecule has 0 radical (unpaired) electrons. The number of rotatable bonds is 5. The summed E-state index contributed by atoms with van der Waals surface area (Å²) >= 11 is 0. The monoisotopic (exact) mass is 274 g/mol. The summed E-state index contributed by atoms with van der Waals surface area (Å²) in [6.07, 6.45) is 1.84. The maximum atomic E-state index is 4.51. The third-order valence-corrected chi connectivity index (χ3v) is 3.47. The molecule has 21 heavy (non-hydrogen) atoms. The van der Waals surface area contributed by atoms with Crippen molar-refractivity contribution in [3.8, 4) is 0 Å². The molecule has 2 aromatic carbocycles. The van der Waals surface area contributed by atoms with Gasteiger partial charge >= 0.3 is 0 Å². The minimum absolute atomic E-state index is 0.104. The van der Waals surface area contributed by atoms with Gasteiger partial charge in [0.05, 0.1) is 11.7 Å². The molecule has 2 nitrogen and oxygen atoms in total. The third-order valence-electron chi connectivity index (χ3n) is 3.47. The predicted octanol–water partition coefficient (Wildman–Crippen LogP) is 3.96. The Balaban J connectivity index is 1.83. The lowest BCUT2D eigenvalue weighted by atomic mass is 10.0. The molecule has 104 valence electrons. The molecule has 0 saturated carbocycles. The van der Waals surface area contributed by atoms with Gasteiger partial charge in [0, 0.05) is 12.7 Å². The fraction of sp³-hybridized carbons (Fsp3) is 0.105. The molecular weight excluding hydrogens is 256 g/mol. The molecule has 3 rings (SSSR count). The van der Waals surface area contributed by atoms with Gasteiger partial charge in [-0.1, -0.05) is 66.7 Å². The van der Waals surface area contributed by atoms with Crippen LogP contribution in [0.25, 0.3) is 0 Å². The second-order valence-electron chi connectivity index (χ2n) is 4.96. The highest BCUT2D eigenvalue weighted by atomic mass is 14.9. The van der Waals surface area contributed by atoms with Gasteiger partial charge in [-0.3, -0.25) is 4.98 Å². The fourth-order valence-corrected chi connectivity index (χ4v) is 2.40. The van der Waals surface area contributed by atoms with Crippen LogP contribution in [0.1, 0.15) is 22.9 Å². The summed E-state index contributed by atoms with van der Waals surface area (Å²) < 4.78 is 0. The van der Waals surface area contributed by atoms with Crippen molar-refractivity contribution >= 4 is 0 Å². The highest BCUT2D eigenvalue weighted by molar-refractivity contribution is 5.28. The van der Waals surface area contributed by atoms with E-state index in [1.165, 1.54) is 11.1 Å². The fourth-order valence-electron chi connectivity index (χ4n) is 2.40. The first-order valence-electron chi connectivity index (χ1n) is 7.16. The van der Waals surface area contributed by atoms with Crippen LogP contribution in [0.2, 0.25) is 0 Å². The van der Waals surface area contributed by atoms with E-state index in [9.17, 15) is 0 Å². The Labute approximate surface area is 125 Å². The van der Waals surface area contributed by atoms with Gasteiger partial charge in [0.2, 0.25) is 0 Å². The van der Waals surface area contributed by atoms with E-state index in [0.717, 1.165) is 12.2 Å². The number of benzene rings is 2. The van der Waals surface area contributed by atoms with E-state index >= 15 is 0 Å². The van der Waals surface area contributed by atoms with Crippen LogP contribution in [-0.4, -0.2) is 4.98 Å². The van der Waals surface area contributed by atoms with Crippen LogP contribution < -0.4 is 5.32 Å². The number of pyridine rings is 1. The highest BCUT2D eigenvalue weighted by Gasteiger charge is 2.14. The summed E-state index contributed by atoms with van der Waals surface area (Å²) in [6.45, 7) is 0.816. The molecule has 0 spiro atoms. The molecule has 0 fully saturated rings. The zero-order valence-corrected chi connectivity index (χ0v) is 11.8. The van der Waals surface area contributed by atoms with Crippen LogP contribution in [-0.2, 0) is 6.54 Å². The van der Waals surface area contributed by atoms with E-state index in [0.29, 0.717) is 0 Å². The highest BCUT2D eigenvalue weighted by Crippen LogP contribution is 2.20. The first kappa shape index (κ1) is 13.5. The van der Waals surface area contributed by atoms with Crippen LogP contribution in [0.3, 0.4) is 0 Å². The third kappa shape index (κ3) is 3.56. The van der Waals surface area contributed by atoms with Gasteiger partial charge in [0.25, 0.3) is 0 Å². The molecule has 3 aromatic rings. The summed E-state index contributed by atoms with van der Waals surface area (Å²) in [4.78, 5) is 4.51.